The lowest BCUT2D eigenvalue weighted by Crippen LogP contribution is -2.50. The molecule has 0 bridgehead atoms. The van der Waals surface area contributed by atoms with Gasteiger partial charge in [0.25, 0.3) is 0 Å². The summed E-state index contributed by atoms with van der Waals surface area (Å²) in [6, 6.07) is 9.67. The van der Waals surface area contributed by atoms with E-state index in [0.29, 0.717) is 22.5 Å². The predicted octanol–water partition coefficient (Wildman–Crippen LogP) is 4.72. The molecule has 36 heavy (non-hydrogen) atoms. The number of methoxy groups -OCH3 is 1. The van der Waals surface area contributed by atoms with Gasteiger partial charge >= 0.3 is 5.97 Å². The van der Waals surface area contributed by atoms with Crippen molar-refractivity contribution in [3.63, 3.8) is 0 Å². The van der Waals surface area contributed by atoms with Crippen LogP contribution in [0.2, 0.25) is 0 Å². The molecule has 0 fully saturated rings. The number of rotatable bonds is 6. The highest BCUT2D eigenvalue weighted by atomic mass is 16.6. The highest BCUT2D eigenvalue weighted by Crippen LogP contribution is 2.49. The zero-order valence-electron chi connectivity index (χ0n) is 25.7. The molecule has 3 unspecified atom stereocenters. The van der Waals surface area contributed by atoms with Gasteiger partial charge in [-0.05, 0) is 46.2 Å². The summed E-state index contributed by atoms with van der Waals surface area (Å²) in [5.74, 6) is -0.949. The molecular weight excluding hydrogens is 458 g/mol. The van der Waals surface area contributed by atoms with E-state index in [-0.39, 0.29) is 5.91 Å². The number of hydrogen-bond acceptors (Lipinski definition) is 6. The van der Waals surface area contributed by atoms with E-state index in [9.17, 15) is 9.59 Å². The van der Waals surface area contributed by atoms with Crippen LogP contribution in [-0.2, 0) is 23.8 Å². The van der Waals surface area contributed by atoms with Gasteiger partial charge in [-0.25, -0.2) is 4.98 Å². The SMILES string of the molecule is [2H]C([2H])(OC)C([2H])([2H])OC1c2ccn3c(C)c(C)nc3c2N(C(C)=O)C(c2ccccc2)C1OC(=O)C(C)(C)C. The minimum Gasteiger partial charge on any atom is -0.456 e. The van der Waals surface area contributed by atoms with Crippen LogP contribution in [0.4, 0.5) is 5.69 Å². The molecule has 0 saturated carbocycles. The third kappa shape index (κ3) is 4.63. The number of pyridine rings is 1. The molecule has 3 heterocycles. The number of imidazole rings is 1. The molecule has 0 spiro atoms. The maximum Gasteiger partial charge on any atom is 0.311 e. The molecule has 4 rings (SSSR count). The lowest BCUT2D eigenvalue weighted by Gasteiger charge is -2.45. The Hall–Kier alpha value is -3.23. The number of carbonyl (C=O) groups is 2. The van der Waals surface area contributed by atoms with E-state index in [1.807, 2.05) is 24.3 Å². The van der Waals surface area contributed by atoms with Gasteiger partial charge in [-0.1, -0.05) is 30.3 Å². The fourth-order valence-electron chi connectivity index (χ4n) is 4.47. The van der Waals surface area contributed by atoms with Crippen molar-refractivity contribution < 1.29 is 29.3 Å². The Morgan fingerprint density at radius 1 is 1.11 bits per heavy atom. The Balaban J connectivity index is 2.08. The Kier molecular flexibility index (Phi) is 5.82. The molecule has 8 heteroatoms. The normalized spacial score (nSPS) is 22.3. The number of hydrogen-bond donors (Lipinski definition) is 0. The van der Waals surface area contributed by atoms with E-state index in [1.165, 1.54) is 11.8 Å². The number of fused-ring (bicyclic) bond motifs is 3. The molecular formula is C28H35N3O5. The second-order valence-corrected chi connectivity index (χ2v) is 9.91. The summed E-state index contributed by atoms with van der Waals surface area (Å²) in [7, 11) is 1.04. The number of anilines is 1. The van der Waals surface area contributed by atoms with Gasteiger partial charge in [0.05, 0.1) is 35.4 Å². The largest absolute Gasteiger partial charge is 0.456 e. The number of carbonyl (C=O) groups excluding carboxylic acids is 2. The number of benzene rings is 1. The zero-order chi connectivity index (χ0) is 29.8. The lowest BCUT2D eigenvalue weighted by molar-refractivity contribution is -0.172. The number of ether oxygens (including phenoxy) is 3. The second kappa shape index (κ2) is 10.0. The summed E-state index contributed by atoms with van der Waals surface area (Å²) >= 11 is 0. The monoisotopic (exact) mass is 497 g/mol. The van der Waals surface area contributed by atoms with E-state index >= 15 is 0 Å². The maximum absolute atomic E-state index is 13.5. The summed E-state index contributed by atoms with van der Waals surface area (Å²) in [5, 5.41) is 0. The first-order valence-electron chi connectivity index (χ1n) is 13.8. The topological polar surface area (TPSA) is 82.4 Å². The second-order valence-electron chi connectivity index (χ2n) is 9.91. The van der Waals surface area contributed by atoms with E-state index in [4.69, 9.17) is 24.7 Å². The van der Waals surface area contributed by atoms with Crippen LogP contribution in [0.15, 0.2) is 42.6 Å². The van der Waals surface area contributed by atoms with Gasteiger partial charge in [0.15, 0.2) is 11.8 Å². The summed E-state index contributed by atoms with van der Waals surface area (Å²) < 4.78 is 51.9. The lowest BCUT2D eigenvalue weighted by atomic mass is 9.86. The van der Waals surface area contributed by atoms with Crippen molar-refractivity contribution in [1.82, 2.24) is 9.38 Å². The van der Waals surface area contributed by atoms with Gasteiger partial charge in [0.2, 0.25) is 5.91 Å². The van der Waals surface area contributed by atoms with Crippen molar-refractivity contribution in [1.29, 1.82) is 0 Å². The van der Waals surface area contributed by atoms with Crippen LogP contribution in [-0.4, -0.2) is 47.6 Å². The van der Waals surface area contributed by atoms with Crippen molar-refractivity contribution in [3.8, 4) is 0 Å². The van der Waals surface area contributed by atoms with E-state index < -0.39 is 42.8 Å². The Bertz CT molecular complexity index is 1440. The Morgan fingerprint density at radius 3 is 2.42 bits per heavy atom. The smallest absolute Gasteiger partial charge is 0.311 e. The van der Waals surface area contributed by atoms with E-state index in [2.05, 4.69) is 0 Å². The number of aromatic nitrogens is 2. The zero-order valence-corrected chi connectivity index (χ0v) is 21.7. The standard InChI is InChI=1S/C28H35N3O5/c1-17-18(2)30-14-13-21-23(26(30)29-17)31(19(3)32)22(20-11-9-8-10-12-20)25(24(21)35-16-15-34-7)36-27(33)28(4,5)6/h8-14,22,24-25H,15-16H2,1-7H3/i15D2,16D2. The summed E-state index contributed by atoms with van der Waals surface area (Å²) in [6.07, 6.45) is -0.873. The molecule has 0 aliphatic carbocycles. The molecule has 1 aliphatic rings. The van der Waals surface area contributed by atoms with Crippen LogP contribution in [0.1, 0.15) is 67.8 Å². The highest BCUT2D eigenvalue weighted by Gasteiger charge is 2.48. The minimum atomic E-state index is -2.98. The van der Waals surface area contributed by atoms with Gasteiger partial charge in [-0.15, -0.1) is 0 Å². The van der Waals surface area contributed by atoms with Crippen LogP contribution in [0.25, 0.3) is 5.65 Å². The molecule has 1 aliphatic heterocycles. The van der Waals surface area contributed by atoms with Crippen molar-refractivity contribution in [2.24, 2.45) is 5.41 Å². The highest BCUT2D eigenvalue weighted by molar-refractivity contribution is 5.98. The van der Waals surface area contributed by atoms with E-state index in [0.717, 1.165) is 18.5 Å². The molecule has 0 N–H and O–H groups in total. The molecule has 192 valence electrons. The van der Waals surface area contributed by atoms with Crippen LogP contribution in [0.5, 0.6) is 0 Å². The molecule has 0 saturated heterocycles. The molecule has 3 aromatic rings. The fraction of sp³-hybridized carbons (Fsp3) is 0.464. The van der Waals surface area contributed by atoms with Crippen molar-refractivity contribution >= 4 is 23.2 Å². The quantitative estimate of drug-likeness (QED) is 0.458. The van der Waals surface area contributed by atoms with Crippen LogP contribution in [0, 0.1) is 19.3 Å². The average Bonchev–Trinajstić information content (AvgIpc) is 3.17. The van der Waals surface area contributed by atoms with Gasteiger partial charge in [0, 0.05) is 31.5 Å². The van der Waals surface area contributed by atoms with Gasteiger partial charge in [0.1, 0.15) is 12.1 Å². The van der Waals surface area contributed by atoms with E-state index in [1.54, 1.807) is 57.3 Å². The third-order valence-electron chi connectivity index (χ3n) is 6.38. The number of amides is 1. The van der Waals surface area contributed by atoms with Crippen LogP contribution >= 0.6 is 0 Å². The van der Waals surface area contributed by atoms with Gasteiger partial charge < -0.3 is 18.6 Å². The molecule has 2 aromatic heterocycles. The maximum atomic E-state index is 13.5. The average molecular weight is 498 g/mol. The molecule has 0 radical (unpaired) electrons. The number of aryl methyl sites for hydroxylation is 2. The van der Waals surface area contributed by atoms with Crippen molar-refractivity contribution in [3.05, 3.63) is 65.1 Å². The predicted molar refractivity (Wildman–Crippen MR) is 137 cm³/mol. The van der Waals surface area contributed by atoms with Crippen molar-refractivity contribution in [2.75, 3.05) is 25.1 Å². The molecule has 8 nitrogen and oxygen atoms in total. The Labute approximate surface area is 217 Å². The number of nitrogens with zero attached hydrogens (tertiary/aromatic N) is 3. The van der Waals surface area contributed by atoms with Crippen molar-refractivity contribution in [2.45, 2.75) is 59.8 Å². The first-order chi connectivity index (χ1) is 18.5. The van der Waals surface area contributed by atoms with Gasteiger partial charge in [-0.2, -0.15) is 0 Å². The first-order valence-corrected chi connectivity index (χ1v) is 11.8. The summed E-state index contributed by atoms with van der Waals surface area (Å²) in [5.41, 5.74) is 2.38. The number of esters is 1. The summed E-state index contributed by atoms with van der Waals surface area (Å²) in [4.78, 5) is 33.0. The molecule has 1 amide bonds. The Morgan fingerprint density at radius 2 is 1.81 bits per heavy atom. The molecule has 3 atom stereocenters. The third-order valence-corrected chi connectivity index (χ3v) is 6.38. The van der Waals surface area contributed by atoms with Crippen LogP contribution < -0.4 is 4.90 Å². The molecule has 1 aromatic carbocycles. The fourth-order valence-corrected chi connectivity index (χ4v) is 4.47. The van der Waals surface area contributed by atoms with Gasteiger partial charge in [-0.3, -0.25) is 14.5 Å². The first kappa shape index (κ1) is 20.9. The van der Waals surface area contributed by atoms with Crippen LogP contribution in [0.3, 0.4) is 0 Å². The minimum absolute atomic E-state index is 0.322. The summed E-state index contributed by atoms with van der Waals surface area (Å²) in [6.45, 7) is 4.36.